The number of methoxy groups -OCH3 is 1. The topological polar surface area (TPSA) is 35.5 Å². The number of carbonyl (C=O) groups excluding carboxylic acids is 1. The van der Waals surface area contributed by atoms with Gasteiger partial charge in [-0.05, 0) is 46.9 Å². The Balaban J connectivity index is 2.00. The van der Waals surface area contributed by atoms with Gasteiger partial charge in [-0.3, -0.25) is 4.79 Å². The van der Waals surface area contributed by atoms with E-state index in [-0.39, 0.29) is 11.7 Å². The molecule has 0 N–H and O–H groups in total. The lowest BCUT2D eigenvalue weighted by Gasteiger charge is -2.12. The second-order valence-electron chi connectivity index (χ2n) is 4.61. The quantitative estimate of drug-likeness (QED) is 0.602. The van der Waals surface area contributed by atoms with Crippen molar-refractivity contribution in [3.63, 3.8) is 0 Å². The molecule has 1 atom stereocenters. The number of Topliss-reactive ketones (excluding diaryl/α,β-unsaturated/α-hetero) is 1. The van der Waals surface area contributed by atoms with E-state index in [1.54, 1.807) is 7.11 Å². The van der Waals surface area contributed by atoms with Gasteiger partial charge in [0, 0.05) is 9.13 Å². The lowest BCUT2D eigenvalue weighted by Crippen LogP contribution is -2.15. The number of para-hydroxylation sites is 1. The van der Waals surface area contributed by atoms with Gasteiger partial charge in [0.15, 0.2) is 5.78 Å². The minimum absolute atomic E-state index is 0.0466. The van der Waals surface area contributed by atoms with Crippen molar-refractivity contribution in [1.82, 2.24) is 0 Å². The molecule has 4 heteroatoms. The van der Waals surface area contributed by atoms with Crippen molar-refractivity contribution >= 4 is 28.4 Å². The van der Waals surface area contributed by atoms with Crippen molar-refractivity contribution in [1.29, 1.82) is 0 Å². The number of rotatable bonds is 3. The molecular formula is C16H13IO3. The van der Waals surface area contributed by atoms with E-state index in [0.717, 1.165) is 14.9 Å². The molecule has 3 nitrogen and oxygen atoms in total. The fourth-order valence-corrected chi connectivity index (χ4v) is 2.93. The van der Waals surface area contributed by atoms with Gasteiger partial charge in [-0.15, -0.1) is 0 Å². The molecule has 0 saturated heterocycles. The van der Waals surface area contributed by atoms with Crippen LogP contribution in [0.1, 0.15) is 21.8 Å². The van der Waals surface area contributed by atoms with Crippen LogP contribution in [0.2, 0.25) is 0 Å². The van der Waals surface area contributed by atoms with Gasteiger partial charge in [0.25, 0.3) is 0 Å². The molecule has 1 heterocycles. The number of ketones is 1. The fraction of sp³-hybridized carbons (Fsp3) is 0.188. The molecule has 0 bridgehead atoms. The highest BCUT2D eigenvalue weighted by Gasteiger charge is 2.32. The molecule has 0 fully saturated rings. The Hall–Kier alpha value is -1.56. The standard InChI is InChI=1S/C16H13IO3/c1-19-14-7-6-10(17)8-12(14)16(18)13-9-20-15-5-3-2-4-11(13)15/h2-8,13H,9H2,1H3. The van der Waals surface area contributed by atoms with Crippen LogP contribution in [0.3, 0.4) is 0 Å². The predicted molar refractivity (Wildman–Crippen MR) is 84.7 cm³/mol. The number of carbonyl (C=O) groups is 1. The molecule has 0 aromatic heterocycles. The minimum atomic E-state index is -0.252. The summed E-state index contributed by atoms with van der Waals surface area (Å²) >= 11 is 2.20. The molecule has 0 radical (unpaired) electrons. The highest BCUT2D eigenvalue weighted by molar-refractivity contribution is 14.1. The van der Waals surface area contributed by atoms with Crippen LogP contribution in [-0.4, -0.2) is 19.5 Å². The monoisotopic (exact) mass is 380 g/mol. The third kappa shape index (κ3) is 2.28. The van der Waals surface area contributed by atoms with Gasteiger partial charge >= 0.3 is 0 Å². The molecule has 0 spiro atoms. The maximum Gasteiger partial charge on any atom is 0.177 e. The molecule has 1 aliphatic heterocycles. The van der Waals surface area contributed by atoms with Crippen LogP contribution < -0.4 is 9.47 Å². The zero-order valence-electron chi connectivity index (χ0n) is 10.9. The Bertz CT molecular complexity index is 667. The molecule has 1 unspecified atom stereocenters. The van der Waals surface area contributed by atoms with Gasteiger partial charge < -0.3 is 9.47 Å². The van der Waals surface area contributed by atoms with E-state index in [1.165, 1.54) is 0 Å². The number of fused-ring (bicyclic) bond motifs is 1. The first kappa shape index (κ1) is 13.4. The lowest BCUT2D eigenvalue weighted by atomic mass is 9.92. The summed E-state index contributed by atoms with van der Waals surface area (Å²) in [4.78, 5) is 12.8. The molecule has 1 aliphatic rings. The van der Waals surface area contributed by atoms with E-state index in [9.17, 15) is 4.79 Å². The maximum atomic E-state index is 12.8. The fourth-order valence-electron chi connectivity index (χ4n) is 2.44. The van der Waals surface area contributed by atoms with Crippen LogP contribution in [0.15, 0.2) is 42.5 Å². The molecular weight excluding hydrogens is 367 g/mol. The average molecular weight is 380 g/mol. The number of ether oxygens (including phenoxy) is 2. The van der Waals surface area contributed by atoms with Crippen LogP contribution in [0.4, 0.5) is 0 Å². The van der Waals surface area contributed by atoms with Gasteiger partial charge in [0.05, 0.1) is 18.6 Å². The highest BCUT2D eigenvalue weighted by Crippen LogP contribution is 2.37. The summed E-state index contributed by atoms with van der Waals surface area (Å²) in [5.74, 6) is 1.21. The summed E-state index contributed by atoms with van der Waals surface area (Å²) in [6.45, 7) is 0.396. The van der Waals surface area contributed by atoms with E-state index in [0.29, 0.717) is 17.9 Å². The van der Waals surface area contributed by atoms with E-state index in [4.69, 9.17) is 9.47 Å². The van der Waals surface area contributed by atoms with Crippen molar-refractivity contribution in [2.75, 3.05) is 13.7 Å². The zero-order chi connectivity index (χ0) is 14.1. The highest BCUT2D eigenvalue weighted by atomic mass is 127. The van der Waals surface area contributed by atoms with Crippen molar-refractivity contribution < 1.29 is 14.3 Å². The zero-order valence-corrected chi connectivity index (χ0v) is 13.1. The van der Waals surface area contributed by atoms with Crippen molar-refractivity contribution in [3.8, 4) is 11.5 Å². The normalized spacial score (nSPS) is 16.4. The lowest BCUT2D eigenvalue weighted by molar-refractivity contribution is 0.0944. The van der Waals surface area contributed by atoms with E-state index in [1.807, 2.05) is 42.5 Å². The SMILES string of the molecule is COc1ccc(I)cc1C(=O)C1COc2ccccc21. The van der Waals surface area contributed by atoms with Crippen molar-refractivity contribution in [3.05, 3.63) is 57.2 Å². The molecule has 2 aromatic carbocycles. The summed E-state index contributed by atoms with van der Waals surface area (Å²) in [5.41, 5.74) is 1.57. The van der Waals surface area contributed by atoms with E-state index >= 15 is 0 Å². The molecule has 0 amide bonds. The second kappa shape index (κ2) is 5.44. The van der Waals surface area contributed by atoms with Crippen LogP contribution in [-0.2, 0) is 0 Å². The minimum Gasteiger partial charge on any atom is -0.496 e. The first-order valence-corrected chi connectivity index (χ1v) is 7.38. The van der Waals surface area contributed by atoms with Crippen LogP contribution >= 0.6 is 22.6 Å². The van der Waals surface area contributed by atoms with Gasteiger partial charge in [-0.25, -0.2) is 0 Å². The van der Waals surface area contributed by atoms with E-state index in [2.05, 4.69) is 22.6 Å². The maximum absolute atomic E-state index is 12.8. The molecule has 20 heavy (non-hydrogen) atoms. The number of benzene rings is 2. The van der Waals surface area contributed by atoms with E-state index < -0.39 is 0 Å². The first-order valence-electron chi connectivity index (χ1n) is 6.30. The van der Waals surface area contributed by atoms with Crippen LogP contribution in [0, 0.1) is 3.57 Å². The number of hydrogen-bond acceptors (Lipinski definition) is 3. The Morgan fingerprint density at radius 1 is 1.30 bits per heavy atom. The summed E-state index contributed by atoms with van der Waals surface area (Å²) < 4.78 is 11.9. The average Bonchev–Trinajstić information content (AvgIpc) is 2.90. The van der Waals surface area contributed by atoms with Gasteiger partial charge in [0.1, 0.15) is 18.1 Å². The van der Waals surface area contributed by atoms with Crippen molar-refractivity contribution in [2.45, 2.75) is 5.92 Å². The first-order chi connectivity index (χ1) is 9.70. The molecule has 102 valence electrons. The van der Waals surface area contributed by atoms with Gasteiger partial charge in [-0.1, -0.05) is 18.2 Å². The smallest absolute Gasteiger partial charge is 0.177 e. The summed E-state index contributed by atoms with van der Waals surface area (Å²) in [6.07, 6.45) is 0. The second-order valence-corrected chi connectivity index (χ2v) is 5.86. The largest absolute Gasteiger partial charge is 0.496 e. The molecule has 0 aliphatic carbocycles. The summed E-state index contributed by atoms with van der Waals surface area (Å²) in [7, 11) is 1.58. The van der Waals surface area contributed by atoms with Gasteiger partial charge in [0.2, 0.25) is 0 Å². The Morgan fingerprint density at radius 2 is 2.10 bits per heavy atom. The van der Waals surface area contributed by atoms with Crippen LogP contribution in [0.5, 0.6) is 11.5 Å². The Kier molecular flexibility index (Phi) is 3.65. The van der Waals surface area contributed by atoms with Crippen LogP contribution in [0.25, 0.3) is 0 Å². The molecule has 3 rings (SSSR count). The third-order valence-corrected chi connectivity index (χ3v) is 4.11. The molecule has 0 saturated carbocycles. The molecule has 2 aromatic rings. The predicted octanol–water partition coefficient (Wildman–Crippen LogP) is 3.66. The number of halogens is 1. The Morgan fingerprint density at radius 3 is 2.90 bits per heavy atom. The van der Waals surface area contributed by atoms with Crippen molar-refractivity contribution in [2.24, 2.45) is 0 Å². The third-order valence-electron chi connectivity index (χ3n) is 3.44. The Labute approximate surface area is 131 Å². The van der Waals surface area contributed by atoms with Gasteiger partial charge in [-0.2, -0.15) is 0 Å². The number of hydrogen-bond donors (Lipinski definition) is 0. The summed E-state index contributed by atoms with van der Waals surface area (Å²) in [5, 5.41) is 0. The summed E-state index contributed by atoms with van der Waals surface area (Å²) in [6, 6.07) is 13.3.